The van der Waals surface area contributed by atoms with Crippen LogP contribution in [0.1, 0.15) is 31.6 Å². The van der Waals surface area contributed by atoms with Gasteiger partial charge in [-0.05, 0) is 31.9 Å². The molecule has 12 heteroatoms. The number of amides is 1. The molecule has 1 amide bonds. The van der Waals surface area contributed by atoms with Gasteiger partial charge in [0.15, 0.2) is 5.82 Å². The summed E-state index contributed by atoms with van der Waals surface area (Å²) < 4.78 is 1.53. The molecule has 5 rings (SSSR count). The molecule has 1 atom stereocenters. The summed E-state index contributed by atoms with van der Waals surface area (Å²) in [6.07, 6.45) is 4.37. The Labute approximate surface area is 197 Å². The number of aliphatic hydroxyl groups is 2. The van der Waals surface area contributed by atoms with Crippen LogP contribution in [0.5, 0.6) is 0 Å². The van der Waals surface area contributed by atoms with Crippen LogP contribution in [-0.4, -0.2) is 69.7 Å². The molecule has 0 saturated carbocycles. The van der Waals surface area contributed by atoms with Crippen molar-refractivity contribution in [3.63, 3.8) is 0 Å². The zero-order valence-electron chi connectivity index (χ0n) is 18.9. The van der Waals surface area contributed by atoms with Crippen molar-refractivity contribution in [1.82, 2.24) is 34.4 Å². The molecule has 12 nitrogen and oxygen atoms in total. The first-order valence-corrected chi connectivity index (χ1v) is 11.2. The summed E-state index contributed by atoms with van der Waals surface area (Å²) in [5, 5.41) is 19.0. The highest BCUT2D eigenvalue weighted by Crippen LogP contribution is 2.28. The van der Waals surface area contributed by atoms with Gasteiger partial charge >= 0.3 is 5.69 Å². The van der Waals surface area contributed by atoms with E-state index in [4.69, 9.17) is 4.98 Å². The van der Waals surface area contributed by atoms with Gasteiger partial charge in [0.1, 0.15) is 18.2 Å². The van der Waals surface area contributed by atoms with Crippen molar-refractivity contribution in [2.75, 3.05) is 13.1 Å². The van der Waals surface area contributed by atoms with Gasteiger partial charge in [0.05, 0.1) is 22.1 Å². The van der Waals surface area contributed by atoms with Crippen molar-refractivity contribution >= 4 is 27.8 Å². The SMILES string of the molecule is C[C@@H](O)C(=O)N1CCC(n2c(=O)[nH]c(=O)c3cnc4ccc(-c5cnc(CO)nc5)nc4c32)CC1. The molecule has 3 N–H and O–H groups in total. The Morgan fingerprint density at radius 3 is 2.51 bits per heavy atom. The molecule has 5 heterocycles. The summed E-state index contributed by atoms with van der Waals surface area (Å²) in [6.45, 7) is 1.89. The standard InChI is InChI=1S/C23H23N7O5/c1-12(32)22(34)29-6-4-14(5-7-29)30-20-15(21(33)28-23(30)35)10-24-17-3-2-16(27-19(17)20)13-8-25-18(11-31)26-9-13/h2-3,8-10,12,14,31-32H,4-7,11H2,1H3,(H,28,33,35)/t12-/m1/s1. The largest absolute Gasteiger partial charge is 0.388 e. The highest BCUT2D eigenvalue weighted by atomic mass is 16.3. The number of hydrogen-bond donors (Lipinski definition) is 3. The van der Waals surface area contributed by atoms with Crippen LogP contribution in [0.4, 0.5) is 0 Å². The number of fused-ring (bicyclic) bond motifs is 3. The first-order valence-electron chi connectivity index (χ1n) is 11.2. The molecular weight excluding hydrogens is 454 g/mol. The predicted octanol–water partition coefficient (Wildman–Crippen LogP) is 0.127. The van der Waals surface area contributed by atoms with Crippen LogP contribution >= 0.6 is 0 Å². The molecule has 0 spiro atoms. The van der Waals surface area contributed by atoms with Crippen LogP contribution in [0.2, 0.25) is 0 Å². The van der Waals surface area contributed by atoms with Gasteiger partial charge in [-0.3, -0.25) is 24.1 Å². The van der Waals surface area contributed by atoms with Crippen molar-refractivity contribution in [3.05, 3.63) is 57.4 Å². The molecule has 35 heavy (non-hydrogen) atoms. The molecule has 1 fully saturated rings. The van der Waals surface area contributed by atoms with Crippen molar-refractivity contribution < 1.29 is 15.0 Å². The summed E-state index contributed by atoms with van der Waals surface area (Å²) >= 11 is 0. The highest BCUT2D eigenvalue weighted by molar-refractivity contribution is 6.01. The second-order valence-electron chi connectivity index (χ2n) is 8.49. The molecule has 180 valence electrons. The fourth-order valence-corrected chi connectivity index (χ4v) is 4.48. The number of piperidine rings is 1. The number of nitrogens with zero attached hydrogens (tertiary/aromatic N) is 6. The number of hydrogen-bond acceptors (Lipinski definition) is 9. The fraction of sp³-hybridized carbons (Fsp3) is 0.348. The quantitative estimate of drug-likeness (QED) is 0.346. The first-order chi connectivity index (χ1) is 16.9. The Morgan fingerprint density at radius 2 is 1.86 bits per heavy atom. The van der Waals surface area contributed by atoms with Gasteiger partial charge in [0, 0.05) is 43.3 Å². The number of likely N-dealkylation sites (tertiary alicyclic amines) is 1. The van der Waals surface area contributed by atoms with E-state index in [1.807, 2.05) is 0 Å². The van der Waals surface area contributed by atoms with Gasteiger partial charge in [-0.15, -0.1) is 0 Å². The molecule has 0 radical (unpaired) electrons. The van der Waals surface area contributed by atoms with Gasteiger partial charge in [-0.25, -0.2) is 19.7 Å². The minimum Gasteiger partial charge on any atom is -0.388 e. The Balaban J connectivity index is 1.65. The molecule has 1 saturated heterocycles. The summed E-state index contributed by atoms with van der Waals surface area (Å²) in [5.74, 6) is -0.0695. The normalized spacial score (nSPS) is 15.6. The van der Waals surface area contributed by atoms with E-state index < -0.39 is 17.4 Å². The van der Waals surface area contributed by atoms with Crippen LogP contribution in [0.15, 0.2) is 40.3 Å². The summed E-state index contributed by atoms with van der Waals surface area (Å²) in [5.41, 5.74) is 1.28. The third-order valence-electron chi connectivity index (χ3n) is 6.25. The Hall–Kier alpha value is -4.03. The number of aromatic nitrogens is 6. The molecule has 0 bridgehead atoms. The zero-order chi connectivity index (χ0) is 24.7. The van der Waals surface area contributed by atoms with E-state index in [2.05, 4.69) is 19.9 Å². The van der Waals surface area contributed by atoms with Crippen LogP contribution in [0, 0.1) is 0 Å². The van der Waals surface area contributed by atoms with E-state index in [-0.39, 0.29) is 29.8 Å². The Morgan fingerprint density at radius 1 is 1.14 bits per heavy atom. The van der Waals surface area contributed by atoms with Crippen LogP contribution in [0.25, 0.3) is 33.2 Å². The lowest BCUT2D eigenvalue weighted by Gasteiger charge is -2.34. The monoisotopic (exact) mass is 477 g/mol. The lowest BCUT2D eigenvalue weighted by molar-refractivity contribution is -0.140. The number of H-pyrrole nitrogens is 1. The molecule has 0 unspecified atom stereocenters. The second-order valence-corrected chi connectivity index (χ2v) is 8.49. The molecular formula is C23H23N7O5. The molecule has 0 aromatic carbocycles. The van der Waals surface area contributed by atoms with E-state index in [0.29, 0.717) is 53.7 Å². The summed E-state index contributed by atoms with van der Waals surface area (Å²) in [6, 6.07) is 3.20. The van der Waals surface area contributed by atoms with Crippen molar-refractivity contribution in [2.24, 2.45) is 0 Å². The third kappa shape index (κ3) is 4.06. The Kier molecular flexibility index (Phi) is 5.83. The topological polar surface area (TPSA) is 167 Å². The summed E-state index contributed by atoms with van der Waals surface area (Å²) in [4.78, 5) is 59.1. The molecule has 1 aliphatic rings. The molecule has 0 aliphatic carbocycles. The van der Waals surface area contributed by atoms with Crippen LogP contribution < -0.4 is 11.2 Å². The number of nitrogens with one attached hydrogen (secondary N) is 1. The maximum atomic E-state index is 13.0. The van der Waals surface area contributed by atoms with Crippen molar-refractivity contribution in [2.45, 2.75) is 38.5 Å². The van der Waals surface area contributed by atoms with E-state index in [0.717, 1.165) is 0 Å². The molecule has 1 aliphatic heterocycles. The summed E-state index contributed by atoms with van der Waals surface area (Å²) in [7, 11) is 0. The van der Waals surface area contributed by atoms with E-state index in [1.165, 1.54) is 17.7 Å². The van der Waals surface area contributed by atoms with Gasteiger partial charge in [-0.2, -0.15) is 0 Å². The average molecular weight is 477 g/mol. The maximum Gasteiger partial charge on any atom is 0.329 e. The third-order valence-corrected chi connectivity index (χ3v) is 6.25. The van der Waals surface area contributed by atoms with Crippen molar-refractivity contribution in [3.8, 4) is 11.3 Å². The van der Waals surface area contributed by atoms with E-state index >= 15 is 0 Å². The number of carbonyl (C=O) groups excluding carboxylic acids is 1. The van der Waals surface area contributed by atoms with Gasteiger partial charge < -0.3 is 15.1 Å². The first kappa shape index (κ1) is 22.7. The van der Waals surface area contributed by atoms with Crippen LogP contribution in [-0.2, 0) is 11.4 Å². The number of aromatic amines is 1. The smallest absolute Gasteiger partial charge is 0.329 e. The minimum absolute atomic E-state index is 0.233. The second kappa shape index (κ2) is 8.96. The van der Waals surface area contributed by atoms with E-state index in [1.54, 1.807) is 29.4 Å². The van der Waals surface area contributed by atoms with Crippen molar-refractivity contribution in [1.29, 1.82) is 0 Å². The number of rotatable bonds is 4. The highest BCUT2D eigenvalue weighted by Gasteiger charge is 2.28. The maximum absolute atomic E-state index is 13.0. The van der Waals surface area contributed by atoms with E-state index in [9.17, 15) is 24.6 Å². The average Bonchev–Trinajstić information content (AvgIpc) is 2.88. The predicted molar refractivity (Wildman–Crippen MR) is 125 cm³/mol. The van der Waals surface area contributed by atoms with Gasteiger partial charge in [-0.1, -0.05) is 0 Å². The number of aliphatic hydroxyl groups excluding tert-OH is 2. The fourth-order valence-electron chi connectivity index (χ4n) is 4.48. The molecule has 4 aromatic heterocycles. The number of pyridine rings is 2. The Bertz CT molecular complexity index is 1540. The van der Waals surface area contributed by atoms with Gasteiger partial charge in [0.2, 0.25) is 0 Å². The lowest BCUT2D eigenvalue weighted by Crippen LogP contribution is -2.45. The zero-order valence-corrected chi connectivity index (χ0v) is 18.9. The number of carbonyl (C=O) groups is 1. The minimum atomic E-state index is -1.09. The molecule has 4 aromatic rings. The van der Waals surface area contributed by atoms with Gasteiger partial charge in [0.25, 0.3) is 11.5 Å². The van der Waals surface area contributed by atoms with Crippen LogP contribution in [0.3, 0.4) is 0 Å². The lowest BCUT2D eigenvalue weighted by atomic mass is 10.0.